The zero-order valence-corrected chi connectivity index (χ0v) is 15.7. The number of methoxy groups -OCH3 is 2. The molecule has 2 aromatic rings. The minimum absolute atomic E-state index is 0.0877. The Kier molecular flexibility index (Phi) is 7.23. The molecule has 2 rings (SSSR count). The fourth-order valence-corrected chi connectivity index (χ4v) is 2.87. The Bertz CT molecular complexity index is 770. The molecule has 0 fully saturated rings. The molecule has 6 nitrogen and oxygen atoms in total. The number of rotatable bonds is 8. The van der Waals surface area contributed by atoms with E-state index in [9.17, 15) is 9.59 Å². The van der Waals surface area contributed by atoms with Crippen molar-refractivity contribution in [1.82, 2.24) is 4.90 Å². The summed E-state index contributed by atoms with van der Waals surface area (Å²) in [5.41, 5.74) is 0.751. The number of hydrogen-bond donors (Lipinski definition) is 0. The predicted octanol–water partition coefficient (Wildman–Crippen LogP) is 2.98. The lowest BCUT2D eigenvalue weighted by Crippen LogP contribution is -2.30. The van der Waals surface area contributed by atoms with Crippen LogP contribution in [0.4, 0.5) is 0 Å². The SMILES string of the molecule is COC(=O)/C=C/c1ccc(OCC(=O)N(C)Cc2cccs2)c(OC)c1. The van der Waals surface area contributed by atoms with Crippen molar-refractivity contribution < 1.29 is 23.8 Å². The zero-order chi connectivity index (χ0) is 18.9. The van der Waals surface area contributed by atoms with Gasteiger partial charge in [-0.3, -0.25) is 4.79 Å². The highest BCUT2D eigenvalue weighted by Crippen LogP contribution is 2.28. The lowest BCUT2D eigenvalue weighted by atomic mass is 10.2. The van der Waals surface area contributed by atoms with E-state index < -0.39 is 5.97 Å². The first kappa shape index (κ1) is 19.5. The fourth-order valence-electron chi connectivity index (χ4n) is 2.11. The molecule has 0 bridgehead atoms. The van der Waals surface area contributed by atoms with E-state index in [1.807, 2.05) is 17.5 Å². The van der Waals surface area contributed by atoms with Crippen molar-refractivity contribution in [3.05, 3.63) is 52.2 Å². The average molecular weight is 375 g/mol. The summed E-state index contributed by atoms with van der Waals surface area (Å²) < 4.78 is 15.5. The van der Waals surface area contributed by atoms with E-state index in [1.165, 1.54) is 20.3 Å². The summed E-state index contributed by atoms with van der Waals surface area (Å²) in [5.74, 6) is 0.366. The van der Waals surface area contributed by atoms with E-state index in [1.54, 1.807) is 47.6 Å². The highest BCUT2D eigenvalue weighted by Gasteiger charge is 2.13. The summed E-state index contributed by atoms with van der Waals surface area (Å²) in [4.78, 5) is 26.1. The molecule has 138 valence electrons. The molecule has 0 atom stereocenters. The quantitative estimate of drug-likeness (QED) is 0.524. The summed E-state index contributed by atoms with van der Waals surface area (Å²) in [6.45, 7) is 0.462. The van der Waals surface area contributed by atoms with Crippen molar-refractivity contribution in [3.8, 4) is 11.5 Å². The largest absolute Gasteiger partial charge is 0.493 e. The average Bonchev–Trinajstić information content (AvgIpc) is 3.17. The number of esters is 1. The van der Waals surface area contributed by atoms with E-state index >= 15 is 0 Å². The lowest BCUT2D eigenvalue weighted by molar-refractivity contribution is -0.135. The maximum Gasteiger partial charge on any atom is 0.330 e. The van der Waals surface area contributed by atoms with Gasteiger partial charge in [-0.25, -0.2) is 4.79 Å². The summed E-state index contributed by atoms with van der Waals surface area (Å²) in [7, 11) is 4.57. The monoisotopic (exact) mass is 375 g/mol. The second-order valence-electron chi connectivity index (χ2n) is 5.38. The molecule has 0 spiro atoms. The van der Waals surface area contributed by atoms with Crippen molar-refractivity contribution >= 4 is 29.3 Å². The second kappa shape index (κ2) is 9.62. The highest BCUT2D eigenvalue weighted by atomic mass is 32.1. The molecular formula is C19H21NO5S. The molecule has 0 radical (unpaired) electrons. The topological polar surface area (TPSA) is 65.1 Å². The molecule has 7 heteroatoms. The van der Waals surface area contributed by atoms with Gasteiger partial charge in [0.05, 0.1) is 20.8 Å². The first-order valence-corrected chi connectivity index (χ1v) is 8.74. The first-order valence-electron chi connectivity index (χ1n) is 7.86. The van der Waals surface area contributed by atoms with Crippen LogP contribution in [0, 0.1) is 0 Å². The Morgan fingerprint density at radius 3 is 2.65 bits per heavy atom. The predicted molar refractivity (Wildman–Crippen MR) is 100 cm³/mol. The normalized spacial score (nSPS) is 10.6. The minimum Gasteiger partial charge on any atom is -0.493 e. The van der Waals surface area contributed by atoms with Gasteiger partial charge in [0.1, 0.15) is 0 Å². The number of carbonyl (C=O) groups excluding carboxylic acids is 2. The van der Waals surface area contributed by atoms with E-state index in [0.717, 1.165) is 10.4 Å². The van der Waals surface area contributed by atoms with Gasteiger partial charge in [-0.05, 0) is 35.2 Å². The van der Waals surface area contributed by atoms with Crippen LogP contribution in [0.1, 0.15) is 10.4 Å². The number of ether oxygens (including phenoxy) is 3. The van der Waals surface area contributed by atoms with Gasteiger partial charge in [0.25, 0.3) is 5.91 Å². The smallest absolute Gasteiger partial charge is 0.330 e. The molecule has 0 saturated carbocycles. The number of thiophene rings is 1. The Balaban J connectivity index is 1.96. The molecule has 1 amide bonds. The van der Waals surface area contributed by atoms with Crippen molar-refractivity contribution in [3.63, 3.8) is 0 Å². The summed E-state index contributed by atoms with van der Waals surface area (Å²) in [6.07, 6.45) is 2.93. The number of amides is 1. The van der Waals surface area contributed by atoms with Gasteiger partial charge in [0.2, 0.25) is 0 Å². The van der Waals surface area contributed by atoms with Crippen LogP contribution in [0.2, 0.25) is 0 Å². The van der Waals surface area contributed by atoms with Crippen molar-refractivity contribution in [2.24, 2.45) is 0 Å². The van der Waals surface area contributed by atoms with Gasteiger partial charge < -0.3 is 19.1 Å². The van der Waals surface area contributed by atoms with Crippen molar-refractivity contribution in [2.45, 2.75) is 6.54 Å². The van der Waals surface area contributed by atoms with Crippen molar-refractivity contribution in [1.29, 1.82) is 0 Å². The molecule has 0 unspecified atom stereocenters. The Morgan fingerprint density at radius 2 is 2.00 bits per heavy atom. The van der Waals surface area contributed by atoms with Gasteiger partial charge in [-0.15, -0.1) is 11.3 Å². The van der Waals surface area contributed by atoms with E-state index in [0.29, 0.717) is 18.0 Å². The molecule has 0 saturated heterocycles. The minimum atomic E-state index is -0.441. The number of nitrogens with zero attached hydrogens (tertiary/aromatic N) is 1. The number of likely N-dealkylation sites (N-methyl/N-ethyl adjacent to an activating group) is 1. The third-order valence-corrected chi connectivity index (χ3v) is 4.41. The molecule has 1 heterocycles. The molecule has 26 heavy (non-hydrogen) atoms. The molecule has 1 aromatic carbocycles. The molecule has 0 aliphatic rings. The molecule has 1 aromatic heterocycles. The van der Waals surface area contributed by atoms with Crippen LogP contribution in [0.25, 0.3) is 6.08 Å². The number of hydrogen-bond acceptors (Lipinski definition) is 6. The van der Waals surface area contributed by atoms with Crippen molar-refractivity contribution in [2.75, 3.05) is 27.9 Å². The van der Waals surface area contributed by atoms with Crippen LogP contribution in [0.3, 0.4) is 0 Å². The van der Waals surface area contributed by atoms with Crippen LogP contribution >= 0.6 is 11.3 Å². The van der Waals surface area contributed by atoms with E-state index in [2.05, 4.69) is 4.74 Å². The Labute approximate surface area is 156 Å². The highest BCUT2D eigenvalue weighted by molar-refractivity contribution is 7.09. The Hall–Kier alpha value is -2.80. The fraction of sp³-hybridized carbons (Fsp3) is 0.263. The first-order chi connectivity index (χ1) is 12.5. The molecular weight excluding hydrogens is 354 g/mol. The molecule has 0 N–H and O–H groups in total. The maximum atomic E-state index is 12.2. The van der Waals surface area contributed by atoms with Gasteiger partial charge in [0, 0.05) is 18.0 Å². The number of benzene rings is 1. The third kappa shape index (κ3) is 5.63. The van der Waals surface area contributed by atoms with Crippen LogP contribution in [0.15, 0.2) is 41.8 Å². The molecule has 0 aliphatic carbocycles. The molecule has 0 aliphatic heterocycles. The zero-order valence-electron chi connectivity index (χ0n) is 14.9. The lowest BCUT2D eigenvalue weighted by Gasteiger charge is -2.17. The summed E-state index contributed by atoms with van der Waals surface area (Å²) >= 11 is 1.60. The van der Waals surface area contributed by atoms with Gasteiger partial charge in [-0.1, -0.05) is 12.1 Å². The van der Waals surface area contributed by atoms with Crippen LogP contribution in [0.5, 0.6) is 11.5 Å². The number of carbonyl (C=O) groups is 2. The third-order valence-electron chi connectivity index (χ3n) is 3.55. The van der Waals surface area contributed by atoms with Gasteiger partial charge in [-0.2, -0.15) is 0 Å². The Morgan fingerprint density at radius 1 is 1.19 bits per heavy atom. The standard InChI is InChI=1S/C19H21NO5S/c1-20(12-15-5-4-10-26-15)18(21)13-25-16-8-6-14(11-17(16)23-2)7-9-19(22)24-3/h4-11H,12-13H2,1-3H3/b9-7+. The summed E-state index contributed by atoms with van der Waals surface area (Å²) in [5, 5.41) is 1.98. The second-order valence-corrected chi connectivity index (χ2v) is 6.42. The maximum absolute atomic E-state index is 12.2. The van der Waals surface area contributed by atoms with Crippen LogP contribution in [-0.2, 0) is 20.9 Å². The summed E-state index contributed by atoms with van der Waals surface area (Å²) in [6, 6.07) is 9.11. The van der Waals surface area contributed by atoms with Gasteiger partial charge >= 0.3 is 5.97 Å². The van der Waals surface area contributed by atoms with E-state index in [-0.39, 0.29) is 12.5 Å². The van der Waals surface area contributed by atoms with Gasteiger partial charge in [0.15, 0.2) is 18.1 Å². The van der Waals surface area contributed by atoms with E-state index in [4.69, 9.17) is 9.47 Å². The van der Waals surface area contributed by atoms with Crippen LogP contribution in [-0.4, -0.2) is 44.7 Å². The van der Waals surface area contributed by atoms with Crippen LogP contribution < -0.4 is 9.47 Å².